The number of ether oxygens (including phenoxy) is 2. The van der Waals surface area contributed by atoms with E-state index in [0.717, 1.165) is 23.5 Å². The summed E-state index contributed by atoms with van der Waals surface area (Å²) >= 11 is 0. The molecule has 2 aliphatic rings. The molecule has 0 bridgehead atoms. The van der Waals surface area contributed by atoms with Crippen LogP contribution in [0.25, 0.3) is 0 Å². The van der Waals surface area contributed by atoms with E-state index in [4.69, 9.17) is 9.47 Å². The van der Waals surface area contributed by atoms with Crippen LogP contribution in [-0.2, 0) is 4.79 Å². The third-order valence-electron chi connectivity index (χ3n) is 3.87. The first-order chi connectivity index (χ1) is 9.15. The van der Waals surface area contributed by atoms with Crippen LogP contribution < -0.4 is 14.8 Å². The van der Waals surface area contributed by atoms with E-state index in [1.807, 2.05) is 25.1 Å². The van der Waals surface area contributed by atoms with Gasteiger partial charge in [0.15, 0.2) is 11.5 Å². The number of rotatable bonds is 3. The summed E-state index contributed by atoms with van der Waals surface area (Å²) in [5, 5.41) is 3.06. The van der Waals surface area contributed by atoms with Gasteiger partial charge in [0.25, 0.3) is 0 Å². The van der Waals surface area contributed by atoms with Gasteiger partial charge in [0, 0.05) is 5.92 Å². The van der Waals surface area contributed by atoms with Crippen LogP contribution in [0, 0.1) is 11.8 Å². The van der Waals surface area contributed by atoms with Crippen molar-refractivity contribution in [1.82, 2.24) is 5.32 Å². The minimum absolute atomic E-state index is 0.00359. The van der Waals surface area contributed by atoms with E-state index < -0.39 is 0 Å². The highest BCUT2D eigenvalue weighted by Gasteiger charge is 2.39. The molecule has 1 amide bonds. The molecule has 0 radical (unpaired) electrons. The Balaban J connectivity index is 1.69. The highest BCUT2D eigenvalue weighted by atomic mass is 16.6. The first-order valence-corrected chi connectivity index (χ1v) is 6.85. The molecule has 3 unspecified atom stereocenters. The van der Waals surface area contributed by atoms with Crippen molar-refractivity contribution in [1.29, 1.82) is 0 Å². The van der Waals surface area contributed by atoms with Crippen molar-refractivity contribution < 1.29 is 14.3 Å². The van der Waals surface area contributed by atoms with Crippen molar-refractivity contribution in [3.8, 4) is 11.5 Å². The van der Waals surface area contributed by atoms with Gasteiger partial charge in [-0.1, -0.05) is 13.0 Å². The van der Waals surface area contributed by atoms with Crippen LogP contribution in [-0.4, -0.2) is 19.1 Å². The number of nitrogens with one attached hydrogen (secondary N) is 1. The summed E-state index contributed by atoms with van der Waals surface area (Å²) in [7, 11) is 0. The van der Waals surface area contributed by atoms with Gasteiger partial charge in [-0.2, -0.15) is 0 Å². The summed E-state index contributed by atoms with van der Waals surface area (Å²) in [4.78, 5) is 11.9. The Morgan fingerprint density at radius 3 is 2.68 bits per heavy atom. The highest BCUT2D eigenvalue weighted by Crippen LogP contribution is 2.38. The monoisotopic (exact) mass is 261 g/mol. The molecule has 19 heavy (non-hydrogen) atoms. The van der Waals surface area contributed by atoms with Crippen LogP contribution in [0.2, 0.25) is 0 Å². The highest BCUT2D eigenvalue weighted by molar-refractivity contribution is 5.81. The van der Waals surface area contributed by atoms with E-state index in [9.17, 15) is 4.79 Å². The van der Waals surface area contributed by atoms with Gasteiger partial charge >= 0.3 is 0 Å². The van der Waals surface area contributed by atoms with Crippen molar-refractivity contribution in [2.75, 3.05) is 13.2 Å². The van der Waals surface area contributed by atoms with E-state index in [-0.39, 0.29) is 17.9 Å². The zero-order valence-corrected chi connectivity index (χ0v) is 11.3. The molecule has 4 heteroatoms. The van der Waals surface area contributed by atoms with Crippen LogP contribution in [0.1, 0.15) is 31.9 Å². The summed E-state index contributed by atoms with van der Waals surface area (Å²) < 4.78 is 11.0. The van der Waals surface area contributed by atoms with Gasteiger partial charge < -0.3 is 14.8 Å². The summed E-state index contributed by atoms with van der Waals surface area (Å²) in [6.07, 6.45) is 1.01. The second kappa shape index (κ2) is 4.76. The normalized spacial score (nSPS) is 25.6. The van der Waals surface area contributed by atoms with Gasteiger partial charge in [-0.05, 0) is 37.0 Å². The second-order valence-electron chi connectivity index (χ2n) is 5.45. The molecule has 0 spiro atoms. The predicted molar refractivity (Wildman–Crippen MR) is 71.3 cm³/mol. The molecule has 1 heterocycles. The summed E-state index contributed by atoms with van der Waals surface area (Å²) in [6, 6.07) is 5.84. The molecule has 0 aromatic heterocycles. The Kier molecular flexibility index (Phi) is 3.09. The number of carbonyl (C=O) groups excluding carboxylic acids is 1. The number of carbonyl (C=O) groups is 1. The van der Waals surface area contributed by atoms with Gasteiger partial charge in [0.05, 0.1) is 6.04 Å². The van der Waals surface area contributed by atoms with E-state index in [2.05, 4.69) is 12.2 Å². The zero-order valence-electron chi connectivity index (χ0n) is 11.3. The third-order valence-corrected chi connectivity index (χ3v) is 3.87. The Hall–Kier alpha value is -1.71. The van der Waals surface area contributed by atoms with E-state index in [1.165, 1.54) is 0 Å². The molecule has 1 aromatic rings. The second-order valence-corrected chi connectivity index (χ2v) is 5.45. The van der Waals surface area contributed by atoms with Gasteiger partial charge in [0.1, 0.15) is 13.2 Å². The Morgan fingerprint density at radius 2 is 2.00 bits per heavy atom. The van der Waals surface area contributed by atoms with Crippen molar-refractivity contribution in [3.63, 3.8) is 0 Å². The maximum absolute atomic E-state index is 11.9. The summed E-state index contributed by atoms with van der Waals surface area (Å²) in [6.45, 7) is 5.28. The number of benzene rings is 1. The first kappa shape index (κ1) is 12.3. The lowest BCUT2D eigenvalue weighted by Gasteiger charge is -2.21. The molecular formula is C15H19NO3. The van der Waals surface area contributed by atoms with Gasteiger partial charge in [0.2, 0.25) is 5.91 Å². The molecular weight excluding hydrogens is 242 g/mol. The lowest BCUT2D eigenvalue weighted by molar-refractivity contribution is -0.123. The molecule has 1 N–H and O–H groups in total. The maximum atomic E-state index is 11.9. The van der Waals surface area contributed by atoms with Crippen molar-refractivity contribution >= 4 is 5.91 Å². The number of hydrogen-bond acceptors (Lipinski definition) is 3. The SMILES string of the molecule is CC(NC(=O)C1CC1C)c1ccc2c(c1)OCCO2. The Labute approximate surface area is 113 Å². The van der Waals surface area contributed by atoms with Crippen molar-refractivity contribution in [2.45, 2.75) is 26.3 Å². The lowest BCUT2D eigenvalue weighted by atomic mass is 10.1. The molecule has 102 valence electrons. The van der Waals surface area contributed by atoms with Gasteiger partial charge in [-0.15, -0.1) is 0 Å². The number of fused-ring (bicyclic) bond motifs is 1. The molecule has 1 saturated carbocycles. The van der Waals surface area contributed by atoms with Crippen LogP contribution in [0.4, 0.5) is 0 Å². The fourth-order valence-corrected chi connectivity index (χ4v) is 2.42. The molecule has 1 aliphatic carbocycles. The Morgan fingerprint density at radius 1 is 1.32 bits per heavy atom. The topological polar surface area (TPSA) is 47.6 Å². The van der Waals surface area contributed by atoms with Crippen molar-refractivity contribution in [2.24, 2.45) is 11.8 Å². The van der Waals surface area contributed by atoms with E-state index in [1.54, 1.807) is 0 Å². The number of hydrogen-bond donors (Lipinski definition) is 1. The van der Waals surface area contributed by atoms with Crippen LogP contribution >= 0.6 is 0 Å². The molecule has 3 rings (SSSR count). The fourth-order valence-electron chi connectivity index (χ4n) is 2.42. The van der Waals surface area contributed by atoms with Gasteiger partial charge in [-0.25, -0.2) is 0 Å². The number of amides is 1. The Bertz CT molecular complexity index is 500. The largest absolute Gasteiger partial charge is 0.486 e. The average Bonchev–Trinajstić information content (AvgIpc) is 3.15. The van der Waals surface area contributed by atoms with Crippen LogP contribution in [0.3, 0.4) is 0 Å². The fraction of sp³-hybridized carbons (Fsp3) is 0.533. The average molecular weight is 261 g/mol. The first-order valence-electron chi connectivity index (χ1n) is 6.85. The molecule has 4 nitrogen and oxygen atoms in total. The van der Waals surface area contributed by atoms with Gasteiger partial charge in [-0.3, -0.25) is 4.79 Å². The third kappa shape index (κ3) is 2.53. The standard InChI is InChI=1S/C15H19NO3/c1-9-7-12(9)15(17)16-10(2)11-3-4-13-14(8-11)19-6-5-18-13/h3-4,8-10,12H,5-7H2,1-2H3,(H,16,17). The lowest BCUT2D eigenvalue weighted by Crippen LogP contribution is -2.28. The molecule has 1 aromatic carbocycles. The molecule has 3 atom stereocenters. The van der Waals surface area contributed by atoms with Crippen molar-refractivity contribution in [3.05, 3.63) is 23.8 Å². The smallest absolute Gasteiger partial charge is 0.223 e. The predicted octanol–water partition coefficient (Wildman–Crippen LogP) is 2.29. The van der Waals surface area contributed by atoms with E-state index >= 15 is 0 Å². The zero-order chi connectivity index (χ0) is 13.4. The quantitative estimate of drug-likeness (QED) is 0.908. The molecule has 1 fully saturated rings. The minimum atomic E-state index is -0.00359. The maximum Gasteiger partial charge on any atom is 0.223 e. The van der Waals surface area contributed by atoms with Crippen LogP contribution in [0.5, 0.6) is 11.5 Å². The summed E-state index contributed by atoms with van der Waals surface area (Å²) in [5.41, 5.74) is 1.05. The summed E-state index contributed by atoms with van der Waals surface area (Å²) in [5.74, 6) is 2.45. The minimum Gasteiger partial charge on any atom is -0.486 e. The molecule has 0 saturated heterocycles. The molecule has 1 aliphatic heterocycles. The van der Waals surface area contributed by atoms with E-state index in [0.29, 0.717) is 19.1 Å². The van der Waals surface area contributed by atoms with Crippen LogP contribution in [0.15, 0.2) is 18.2 Å².